The van der Waals surface area contributed by atoms with Crippen LogP contribution in [-0.2, 0) is 24.6 Å². The highest BCUT2D eigenvalue weighted by Crippen LogP contribution is 2.53. The van der Waals surface area contributed by atoms with Crippen molar-refractivity contribution in [2.75, 3.05) is 25.5 Å². The van der Waals surface area contributed by atoms with Crippen LogP contribution in [-0.4, -0.2) is 60.5 Å². The van der Waals surface area contributed by atoms with Crippen LogP contribution in [0.15, 0.2) is 24.3 Å². The van der Waals surface area contributed by atoms with Crippen LogP contribution in [0.4, 0.5) is 5.69 Å². The largest absolute Gasteiger partial charge is 0.314 e. The normalized spacial score (nSPS) is 37.6. The van der Waals surface area contributed by atoms with Crippen molar-refractivity contribution in [1.82, 2.24) is 9.96 Å². The molecule has 4 atom stereocenters. The lowest BCUT2D eigenvalue weighted by atomic mass is 9.77. The van der Waals surface area contributed by atoms with Gasteiger partial charge in [0.15, 0.2) is 6.10 Å². The first kappa shape index (κ1) is 14.1. The van der Waals surface area contributed by atoms with E-state index >= 15 is 0 Å². The van der Waals surface area contributed by atoms with Crippen LogP contribution in [0.2, 0.25) is 0 Å². The van der Waals surface area contributed by atoms with Crippen LogP contribution in [0.1, 0.15) is 12.0 Å². The molecule has 4 heterocycles. The minimum absolute atomic E-state index is 0.0309. The van der Waals surface area contributed by atoms with Crippen LogP contribution in [0.5, 0.6) is 0 Å². The SMILES string of the molecule is CN1C(=O)C2ON3CC4(CC3C2C1=O)C(=O)N(C)c1ccccc14. The fraction of sp³-hybridized carbons (Fsp3) is 0.471. The predicted octanol–water partition coefficient (Wildman–Crippen LogP) is -0.0963. The number of carbonyl (C=O) groups excluding carboxylic acids is 3. The Hall–Kier alpha value is -2.25. The van der Waals surface area contributed by atoms with E-state index in [2.05, 4.69) is 0 Å². The van der Waals surface area contributed by atoms with E-state index in [1.165, 1.54) is 7.05 Å². The molecule has 1 spiro atoms. The van der Waals surface area contributed by atoms with Crippen molar-refractivity contribution in [3.05, 3.63) is 29.8 Å². The Morgan fingerprint density at radius 3 is 2.62 bits per heavy atom. The minimum atomic E-state index is -0.727. The molecule has 0 aliphatic carbocycles. The smallest absolute Gasteiger partial charge is 0.261 e. The summed E-state index contributed by atoms with van der Waals surface area (Å²) in [7, 11) is 3.27. The molecule has 124 valence electrons. The summed E-state index contributed by atoms with van der Waals surface area (Å²) in [5, 5.41) is 1.70. The van der Waals surface area contributed by atoms with Gasteiger partial charge < -0.3 is 4.90 Å². The van der Waals surface area contributed by atoms with Crippen molar-refractivity contribution in [3.8, 4) is 0 Å². The van der Waals surface area contributed by atoms with Gasteiger partial charge in [-0.25, -0.2) is 0 Å². The van der Waals surface area contributed by atoms with E-state index in [-0.39, 0.29) is 23.8 Å². The molecule has 1 aromatic rings. The molecule has 24 heavy (non-hydrogen) atoms. The first-order valence-electron chi connectivity index (χ1n) is 8.08. The lowest BCUT2D eigenvalue weighted by Gasteiger charge is -2.23. The molecule has 7 heteroatoms. The number of likely N-dealkylation sites (N-methyl/N-ethyl adjacent to an activating group) is 2. The van der Waals surface area contributed by atoms with E-state index in [1.54, 1.807) is 17.0 Å². The van der Waals surface area contributed by atoms with E-state index in [9.17, 15) is 14.4 Å². The number of fused-ring (bicyclic) bond motifs is 5. The lowest BCUT2D eigenvalue weighted by Crippen LogP contribution is -2.42. The molecule has 3 amide bonds. The second kappa shape index (κ2) is 4.23. The van der Waals surface area contributed by atoms with Gasteiger partial charge >= 0.3 is 0 Å². The Morgan fingerprint density at radius 2 is 1.83 bits per heavy atom. The number of hydrogen-bond donors (Lipinski definition) is 0. The molecule has 7 nitrogen and oxygen atoms in total. The number of likely N-dealkylation sites (tertiary alicyclic amines) is 1. The second-order valence-corrected chi connectivity index (χ2v) is 7.10. The third-order valence-corrected chi connectivity index (χ3v) is 6.03. The molecule has 1 aromatic carbocycles. The molecular weight excluding hydrogens is 310 g/mol. The van der Waals surface area contributed by atoms with Gasteiger partial charge in [0, 0.05) is 26.3 Å². The number of hydroxylamine groups is 2. The summed E-state index contributed by atoms with van der Waals surface area (Å²) in [6, 6.07) is 7.52. The second-order valence-electron chi connectivity index (χ2n) is 7.10. The highest BCUT2D eigenvalue weighted by molar-refractivity contribution is 6.09. The number of benzene rings is 1. The van der Waals surface area contributed by atoms with E-state index in [4.69, 9.17) is 4.84 Å². The number of para-hydroxylation sites is 1. The molecule has 0 radical (unpaired) electrons. The maximum absolute atomic E-state index is 13.0. The summed E-state index contributed by atoms with van der Waals surface area (Å²) in [5.74, 6) is -0.971. The van der Waals surface area contributed by atoms with Gasteiger partial charge in [0.1, 0.15) is 0 Å². The quantitative estimate of drug-likeness (QED) is 0.623. The van der Waals surface area contributed by atoms with E-state index in [0.29, 0.717) is 13.0 Å². The molecule has 3 fully saturated rings. The molecule has 4 aliphatic heterocycles. The Labute approximate surface area is 138 Å². The van der Waals surface area contributed by atoms with Gasteiger partial charge in [0.2, 0.25) is 11.8 Å². The van der Waals surface area contributed by atoms with Crippen molar-refractivity contribution < 1.29 is 19.2 Å². The van der Waals surface area contributed by atoms with Crippen LogP contribution in [0, 0.1) is 5.92 Å². The summed E-state index contributed by atoms with van der Waals surface area (Å²) in [6.45, 7) is 0.384. The van der Waals surface area contributed by atoms with E-state index in [0.717, 1.165) is 16.2 Å². The van der Waals surface area contributed by atoms with Crippen molar-refractivity contribution in [2.24, 2.45) is 5.92 Å². The number of nitrogens with zero attached hydrogens (tertiary/aromatic N) is 3. The van der Waals surface area contributed by atoms with E-state index < -0.39 is 17.4 Å². The molecule has 0 N–H and O–H groups in total. The van der Waals surface area contributed by atoms with Gasteiger partial charge in [-0.1, -0.05) is 18.2 Å². The number of amides is 3. The summed E-state index contributed by atoms with van der Waals surface area (Å²) >= 11 is 0. The predicted molar refractivity (Wildman–Crippen MR) is 82.8 cm³/mol. The number of carbonyl (C=O) groups is 3. The Kier molecular flexibility index (Phi) is 2.49. The summed E-state index contributed by atoms with van der Waals surface area (Å²) in [4.78, 5) is 46.2. The van der Waals surface area contributed by atoms with Crippen molar-refractivity contribution in [2.45, 2.75) is 24.0 Å². The van der Waals surface area contributed by atoms with Gasteiger partial charge in [-0.05, 0) is 18.1 Å². The fourth-order valence-corrected chi connectivity index (χ4v) is 4.82. The number of imide groups is 1. The first-order valence-corrected chi connectivity index (χ1v) is 8.08. The third-order valence-electron chi connectivity index (χ3n) is 6.03. The minimum Gasteiger partial charge on any atom is -0.314 e. The maximum Gasteiger partial charge on any atom is 0.261 e. The number of rotatable bonds is 0. The summed E-state index contributed by atoms with van der Waals surface area (Å²) in [5.41, 5.74) is 1.20. The zero-order valence-corrected chi connectivity index (χ0v) is 13.4. The highest BCUT2D eigenvalue weighted by Gasteiger charge is 2.66. The van der Waals surface area contributed by atoms with E-state index in [1.807, 2.05) is 24.3 Å². The molecule has 0 aromatic heterocycles. The van der Waals surface area contributed by atoms with Crippen molar-refractivity contribution in [3.63, 3.8) is 0 Å². The average Bonchev–Trinajstić information content (AvgIpc) is 3.23. The Balaban J connectivity index is 1.57. The van der Waals surface area contributed by atoms with Crippen LogP contribution in [0.25, 0.3) is 0 Å². The van der Waals surface area contributed by atoms with Gasteiger partial charge in [0.05, 0.1) is 17.4 Å². The average molecular weight is 327 g/mol. The fourth-order valence-electron chi connectivity index (χ4n) is 4.82. The highest BCUT2D eigenvalue weighted by atomic mass is 16.7. The van der Waals surface area contributed by atoms with Gasteiger partial charge in [-0.2, -0.15) is 5.06 Å². The molecule has 4 unspecified atom stereocenters. The third kappa shape index (κ3) is 1.39. The zero-order chi connectivity index (χ0) is 16.8. The van der Waals surface area contributed by atoms with Crippen molar-refractivity contribution in [1.29, 1.82) is 0 Å². The standard InChI is InChI=1S/C17H17N3O4/c1-18-10-6-4-3-5-9(10)17(16(18)23)7-11-12-13(24-20(11)8-17)15(22)19(2)14(12)21/h3-6,11-13H,7-8H2,1-2H3. The van der Waals surface area contributed by atoms with Gasteiger partial charge in [-0.15, -0.1) is 0 Å². The molecule has 4 aliphatic rings. The Morgan fingerprint density at radius 1 is 1.08 bits per heavy atom. The first-order chi connectivity index (χ1) is 11.5. The monoisotopic (exact) mass is 327 g/mol. The van der Waals surface area contributed by atoms with Crippen LogP contribution >= 0.6 is 0 Å². The number of hydrogen-bond acceptors (Lipinski definition) is 5. The lowest BCUT2D eigenvalue weighted by molar-refractivity contribution is -0.172. The van der Waals surface area contributed by atoms with Gasteiger partial charge in [0.25, 0.3) is 5.91 Å². The topological polar surface area (TPSA) is 70.2 Å². The molecule has 0 saturated carbocycles. The van der Waals surface area contributed by atoms with Crippen LogP contribution < -0.4 is 4.90 Å². The zero-order valence-electron chi connectivity index (χ0n) is 13.4. The van der Waals surface area contributed by atoms with Gasteiger partial charge in [-0.3, -0.25) is 24.1 Å². The Bertz CT molecular complexity index is 809. The molecule has 5 rings (SSSR count). The maximum atomic E-state index is 13.0. The summed E-state index contributed by atoms with van der Waals surface area (Å²) in [6.07, 6.45) is -0.226. The van der Waals surface area contributed by atoms with Crippen molar-refractivity contribution >= 4 is 23.4 Å². The molecular formula is C17H17N3O4. The summed E-state index contributed by atoms with van der Waals surface area (Å²) < 4.78 is 0. The molecule has 3 saturated heterocycles. The molecule has 0 bridgehead atoms. The number of anilines is 1. The van der Waals surface area contributed by atoms with Crippen LogP contribution in [0.3, 0.4) is 0 Å².